The third-order valence-electron chi connectivity index (χ3n) is 3.61. The summed E-state index contributed by atoms with van der Waals surface area (Å²) in [5, 5.41) is 6.57. The molecule has 0 spiro atoms. The summed E-state index contributed by atoms with van der Waals surface area (Å²) in [5.41, 5.74) is 7.38. The summed E-state index contributed by atoms with van der Waals surface area (Å²) in [7, 11) is 0. The quantitative estimate of drug-likeness (QED) is 0.892. The standard InChI is InChI=1S/C14H17ClN4S/c15-11-7-17-13(18-9-4-2-1-3-5-9)6-10(11)12-8-20-14(16)19-12/h6-9H,1-5H2,(H2,16,19)(H,17,18). The smallest absolute Gasteiger partial charge is 0.180 e. The van der Waals surface area contributed by atoms with Crippen molar-refractivity contribution in [2.75, 3.05) is 11.1 Å². The van der Waals surface area contributed by atoms with Crippen LogP contribution in [0, 0.1) is 0 Å². The van der Waals surface area contributed by atoms with E-state index in [9.17, 15) is 0 Å². The summed E-state index contributed by atoms with van der Waals surface area (Å²) in [6.45, 7) is 0. The number of nitrogens with zero attached hydrogens (tertiary/aromatic N) is 2. The molecule has 1 saturated carbocycles. The van der Waals surface area contributed by atoms with E-state index in [-0.39, 0.29) is 0 Å². The Labute approximate surface area is 127 Å². The highest BCUT2D eigenvalue weighted by atomic mass is 35.5. The molecule has 3 rings (SSSR count). The van der Waals surface area contributed by atoms with Gasteiger partial charge < -0.3 is 11.1 Å². The molecule has 0 bridgehead atoms. The van der Waals surface area contributed by atoms with Crippen molar-refractivity contribution in [3.05, 3.63) is 22.7 Å². The Morgan fingerprint density at radius 2 is 2.10 bits per heavy atom. The van der Waals surface area contributed by atoms with E-state index in [0.717, 1.165) is 17.1 Å². The zero-order valence-electron chi connectivity index (χ0n) is 11.1. The maximum Gasteiger partial charge on any atom is 0.180 e. The van der Waals surface area contributed by atoms with E-state index in [2.05, 4.69) is 15.3 Å². The number of halogens is 1. The van der Waals surface area contributed by atoms with Gasteiger partial charge in [0.2, 0.25) is 0 Å². The average Bonchev–Trinajstić information content (AvgIpc) is 2.89. The van der Waals surface area contributed by atoms with Crippen LogP contribution in [0.5, 0.6) is 0 Å². The van der Waals surface area contributed by atoms with Gasteiger partial charge >= 0.3 is 0 Å². The van der Waals surface area contributed by atoms with Gasteiger partial charge in [0.1, 0.15) is 5.82 Å². The van der Waals surface area contributed by atoms with Crippen molar-refractivity contribution in [3.63, 3.8) is 0 Å². The fraction of sp³-hybridized carbons (Fsp3) is 0.429. The summed E-state index contributed by atoms with van der Waals surface area (Å²) >= 11 is 7.63. The molecule has 1 aliphatic rings. The second-order valence-electron chi connectivity index (χ2n) is 5.10. The van der Waals surface area contributed by atoms with E-state index in [4.69, 9.17) is 17.3 Å². The lowest BCUT2D eigenvalue weighted by molar-refractivity contribution is 0.462. The molecule has 106 valence electrons. The molecule has 2 aromatic heterocycles. The predicted molar refractivity (Wildman–Crippen MR) is 85.3 cm³/mol. The first kappa shape index (κ1) is 13.6. The van der Waals surface area contributed by atoms with Crippen LogP contribution >= 0.6 is 22.9 Å². The fourth-order valence-electron chi connectivity index (χ4n) is 2.58. The van der Waals surface area contributed by atoms with Gasteiger partial charge in [0.25, 0.3) is 0 Å². The summed E-state index contributed by atoms with van der Waals surface area (Å²) in [4.78, 5) is 8.65. The van der Waals surface area contributed by atoms with Gasteiger partial charge in [0, 0.05) is 23.2 Å². The van der Waals surface area contributed by atoms with Gasteiger partial charge in [-0.3, -0.25) is 0 Å². The molecule has 0 amide bonds. The van der Waals surface area contributed by atoms with Crippen LogP contribution in [0.4, 0.5) is 10.9 Å². The number of hydrogen-bond donors (Lipinski definition) is 2. The molecule has 4 nitrogen and oxygen atoms in total. The molecule has 0 radical (unpaired) electrons. The van der Waals surface area contributed by atoms with Crippen LogP contribution in [0.3, 0.4) is 0 Å². The fourth-order valence-corrected chi connectivity index (χ4v) is 3.34. The van der Waals surface area contributed by atoms with Crippen LogP contribution in [0.1, 0.15) is 32.1 Å². The van der Waals surface area contributed by atoms with Gasteiger partial charge in [0.05, 0.1) is 10.7 Å². The first-order valence-electron chi connectivity index (χ1n) is 6.86. The van der Waals surface area contributed by atoms with Gasteiger partial charge in [-0.1, -0.05) is 30.9 Å². The minimum absolute atomic E-state index is 0.519. The van der Waals surface area contributed by atoms with Crippen LogP contribution in [0.2, 0.25) is 5.02 Å². The van der Waals surface area contributed by atoms with Crippen LogP contribution in [-0.4, -0.2) is 16.0 Å². The lowest BCUT2D eigenvalue weighted by atomic mass is 9.95. The Morgan fingerprint density at radius 3 is 2.80 bits per heavy atom. The second kappa shape index (κ2) is 5.97. The summed E-state index contributed by atoms with van der Waals surface area (Å²) in [5.74, 6) is 0.864. The number of rotatable bonds is 3. The number of aromatic nitrogens is 2. The second-order valence-corrected chi connectivity index (χ2v) is 6.40. The Hall–Kier alpha value is -1.33. The SMILES string of the molecule is Nc1nc(-c2cc(NC3CCCCC3)ncc2Cl)cs1. The van der Waals surface area contributed by atoms with Crippen molar-refractivity contribution < 1.29 is 0 Å². The van der Waals surface area contributed by atoms with Crippen molar-refractivity contribution in [2.24, 2.45) is 0 Å². The molecule has 0 aliphatic heterocycles. The molecular weight excluding hydrogens is 292 g/mol. The van der Waals surface area contributed by atoms with Gasteiger partial charge in [-0.15, -0.1) is 11.3 Å². The van der Waals surface area contributed by atoms with E-state index in [0.29, 0.717) is 16.2 Å². The Kier molecular flexibility index (Phi) is 4.08. The van der Waals surface area contributed by atoms with E-state index in [1.165, 1.54) is 43.4 Å². The van der Waals surface area contributed by atoms with Crippen LogP contribution in [0.25, 0.3) is 11.3 Å². The topological polar surface area (TPSA) is 63.8 Å². The molecular formula is C14H17ClN4S. The van der Waals surface area contributed by atoms with Gasteiger partial charge in [-0.25, -0.2) is 9.97 Å². The third-order valence-corrected chi connectivity index (χ3v) is 4.59. The van der Waals surface area contributed by atoms with Crippen LogP contribution < -0.4 is 11.1 Å². The summed E-state index contributed by atoms with van der Waals surface area (Å²) in [6, 6.07) is 2.48. The van der Waals surface area contributed by atoms with E-state index in [1.54, 1.807) is 6.20 Å². The normalized spacial score (nSPS) is 16.2. The van der Waals surface area contributed by atoms with Gasteiger partial charge in [-0.05, 0) is 18.9 Å². The molecule has 0 unspecified atom stereocenters. The molecule has 1 aliphatic carbocycles. The number of thiazole rings is 1. The summed E-state index contributed by atoms with van der Waals surface area (Å²) < 4.78 is 0. The Balaban J connectivity index is 1.82. The number of nitrogens with two attached hydrogens (primary N) is 1. The van der Waals surface area contributed by atoms with E-state index >= 15 is 0 Å². The molecule has 2 aromatic rings. The van der Waals surface area contributed by atoms with Crippen molar-refractivity contribution in [1.82, 2.24) is 9.97 Å². The number of hydrogen-bond acceptors (Lipinski definition) is 5. The zero-order chi connectivity index (χ0) is 13.9. The van der Waals surface area contributed by atoms with Crippen molar-refractivity contribution in [1.29, 1.82) is 0 Å². The maximum absolute atomic E-state index is 6.22. The molecule has 3 N–H and O–H groups in total. The molecule has 20 heavy (non-hydrogen) atoms. The van der Waals surface area contributed by atoms with Crippen LogP contribution in [0.15, 0.2) is 17.6 Å². The highest BCUT2D eigenvalue weighted by molar-refractivity contribution is 7.13. The first-order valence-corrected chi connectivity index (χ1v) is 8.11. The first-order chi connectivity index (χ1) is 9.72. The van der Waals surface area contributed by atoms with Crippen LogP contribution in [-0.2, 0) is 0 Å². The van der Waals surface area contributed by atoms with Crippen molar-refractivity contribution in [3.8, 4) is 11.3 Å². The lowest BCUT2D eigenvalue weighted by Crippen LogP contribution is -2.22. The predicted octanol–water partition coefficient (Wildman–Crippen LogP) is 4.19. The van der Waals surface area contributed by atoms with Crippen molar-refractivity contribution >= 4 is 33.9 Å². The average molecular weight is 309 g/mol. The Bertz CT molecular complexity index is 593. The molecule has 0 aromatic carbocycles. The molecule has 6 heteroatoms. The van der Waals surface area contributed by atoms with E-state index < -0.39 is 0 Å². The number of nitrogen functional groups attached to an aromatic ring is 1. The largest absolute Gasteiger partial charge is 0.375 e. The third kappa shape index (κ3) is 3.04. The van der Waals surface area contributed by atoms with Gasteiger partial charge in [-0.2, -0.15) is 0 Å². The van der Waals surface area contributed by atoms with Crippen molar-refractivity contribution in [2.45, 2.75) is 38.1 Å². The zero-order valence-corrected chi connectivity index (χ0v) is 12.7. The van der Waals surface area contributed by atoms with E-state index in [1.807, 2.05) is 11.4 Å². The lowest BCUT2D eigenvalue weighted by Gasteiger charge is -2.23. The molecule has 2 heterocycles. The van der Waals surface area contributed by atoms with Gasteiger partial charge in [0.15, 0.2) is 5.13 Å². The molecule has 0 atom stereocenters. The monoisotopic (exact) mass is 308 g/mol. The molecule has 0 saturated heterocycles. The summed E-state index contributed by atoms with van der Waals surface area (Å²) in [6.07, 6.45) is 8.03. The number of anilines is 2. The maximum atomic E-state index is 6.22. The minimum Gasteiger partial charge on any atom is -0.375 e. The highest BCUT2D eigenvalue weighted by Gasteiger charge is 2.15. The molecule has 1 fully saturated rings. The number of nitrogens with one attached hydrogen (secondary N) is 1. The highest BCUT2D eigenvalue weighted by Crippen LogP contribution is 2.31. The Morgan fingerprint density at radius 1 is 1.30 bits per heavy atom. The minimum atomic E-state index is 0.519. The number of pyridine rings is 1.